The Morgan fingerprint density at radius 1 is 1.28 bits per heavy atom. The van der Waals surface area contributed by atoms with Gasteiger partial charge in [-0.05, 0) is 20.3 Å². The summed E-state index contributed by atoms with van der Waals surface area (Å²) in [4.78, 5) is 23.7. The summed E-state index contributed by atoms with van der Waals surface area (Å²) >= 11 is 0. The molecule has 2 rings (SSSR count). The Kier molecular flexibility index (Phi) is 7.21. The molecule has 0 bridgehead atoms. The van der Waals surface area contributed by atoms with Gasteiger partial charge >= 0.3 is 7.60 Å². The zero-order valence-corrected chi connectivity index (χ0v) is 15.2. The number of ether oxygens (including phenoxy) is 1. The molecule has 1 aliphatic rings. The van der Waals surface area contributed by atoms with Gasteiger partial charge in [0.05, 0.1) is 19.8 Å². The fourth-order valence-corrected chi connectivity index (χ4v) is 3.53. The van der Waals surface area contributed by atoms with Gasteiger partial charge in [-0.25, -0.2) is 5.06 Å². The van der Waals surface area contributed by atoms with Gasteiger partial charge in [0.2, 0.25) is 5.95 Å². The molecule has 1 aliphatic heterocycles. The molecular formula is C13H24N5O6P. The highest BCUT2D eigenvalue weighted by Crippen LogP contribution is 2.47. The van der Waals surface area contributed by atoms with E-state index in [1.54, 1.807) is 13.8 Å². The Balaban J connectivity index is 1.71. The summed E-state index contributed by atoms with van der Waals surface area (Å²) < 4.78 is 27.8. The molecule has 0 aromatic carbocycles. The van der Waals surface area contributed by atoms with E-state index in [2.05, 4.69) is 15.3 Å². The molecule has 0 amide bonds. The molecule has 0 atom stereocenters. The summed E-state index contributed by atoms with van der Waals surface area (Å²) in [6.45, 7) is 5.01. The minimum absolute atomic E-state index is 0.0204. The number of hydrogen-bond acceptors (Lipinski definition) is 10. The molecule has 11 nitrogen and oxygen atoms in total. The lowest BCUT2D eigenvalue weighted by molar-refractivity contribution is 0.0770. The summed E-state index contributed by atoms with van der Waals surface area (Å²) in [6, 6.07) is 0. The van der Waals surface area contributed by atoms with Crippen LogP contribution < -0.4 is 21.7 Å². The van der Waals surface area contributed by atoms with Crippen LogP contribution in [0.1, 0.15) is 20.3 Å². The molecule has 0 spiro atoms. The highest BCUT2D eigenvalue weighted by molar-refractivity contribution is 7.53. The number of anilines is 3. The Hall–Kier alpha value is -1.65. The van der Waals surface area contributed by atoms with E-state index < -0.39 is 7.60 Å². The van der Waals surface area contributed by atoms with Crippen molar-refractivity contribution >= 4 is 25.0 Å². The summed E-state index contributed by atoms with van der Waals surface area (Å²) in [6.07, 6.45) is 0.443. The van der Waals surface area contributed by atoms with E-state index in [1.807, 2.05) is 0 Å². The third-order valence-corrected chi connectivity index (χ3v) is 4.94. The van der Waals surface area contributed by atoms with E-state index in [-0.39, 0.29) is 17.9 Å². The minimum atomic E-state index is -3.19. The van der Waals surface area contributed by atoms with E-state index in [9.17, 15) is 9.36 Å². The van der Waals surface area contributed by atoms with Gasteiger partial charge in [-0.1, -0.05) is 0 Å². The number of nitrogen functional groups attached to an aromatic ring is 1. The van der Waals surface area contributed by atoms with Gasteiger partial charge in [-0.2, -0.15) is 4.98 Å². The zero-order valence-electron chi connectivity index (χ0n) is 14.3. The van der Waals surface area contributed by atoms with Gasteiger partial charge in [0.25, 0.3) is 5.56 Å². The number of nitrogens with zero attached hydrogens (tertiary/aromatic N) is 2. The molecule has 0 radical (unpaired) electrons. The zero-order chi connectivity index (χ0) is 18.3. The second kappa shape index (κ2) is 9.16. The first-order valence-corrected chi connectivity index (χ1v) is 9.72. The number of H-pyrrole nitrogens is 1. The number of rotatable bonds is 11. The first-order valence-electron chi connectivity index (χ1n) is 7.99. The molecule has 1 aromatic heterocycles. The van der Waals surface area contributed by atoms with Crippen LogP contribution in [0, 0.1) is 0 Å². The first-order chi connectivity index (χ1) is 12.0. The van der Waals surface area contributed by atoms with Crippen LogP contribution in [-0.4, -0.2) is 49.4 Å². The Labute approximate surface area is 145 Å². The summed E-state index contributed by atoms with van der Waals surface area (Å²) in [5, 5.41) is 4.33. The van der Waals surface area contributed by atoms with Crippen LogP contribution in [0.2, 0.25) is 0 Å². The molecule has 4 N–H and O–H groups in total. The van der Waals surface area contributed by atoms with Crippen molar-refractivity contribution in [1.82, 2.24) is 9.97 Å². The standard InChI is InChI=1S/C13H24N5O6P/c1-3-23-25(20,24-4-2)9-21-6-5-7-22-18-8-15-10-11(18)16-13(14)17-12(10)19/h15H,3-9H2,1-2H3,(H3,14,16,17,19). The van der Waals surface area contributed by atoms with E-state index >= 15 is 0 Å². The predicted octanol–water partition coefficient (Wildman–Crippen LogP) is 1.10. The van der Waals surface area contributed by atoms with E-state index in [0.29, 0.717) is 51.0 Å². The number of hydroxylamine groups is 1. The second-order valence-electron chi connectivity index (χ2n) is 5.03. The van der Waals surface area contributed by atoms with E-state index in [0.717, 1.165) is 0 Å². The Morgan fingerprint density at radius 3 is 2.68 bits per heavy atom. The lowest BCUT2D eigenvalue weighted by Gasteiger charge is -2.18. The second-order valence-corrected chi connectivity index (χ2v) is 7.03. The number of hydrogen-bond donors (Lipinski definition) is 3. The van der Waals surface area contributed by atoms with Crippen molar-refractivity contribution in [2.24, 2.45) is 0 Å². The van der Waals surface area contributed by atoms with Crippen LogP contribution in [0.5, 0.6) is 0 Å². The van der Waals surface area contributed by atoms with E-state index in [1.165, 1.54) is 5.06 Å². The smallest absolute Gasteiger partial charge is 0.356 e. The fraction of sp³-hybridized carbons (Fsp3) is 0.692. The van der Waals surface area contributed by atoms with Gasteiger partial charge < -0.3 is 24.8 Å². The molecule has 2 heterocycles. The maximum atomic E-state index is 12.2. The topological polar surface area (TPSA) is 141 Å². The van der Waals surface area contributed by atoms with Crippen molar-refractivity contribution in [1.29, 1.82) is 0 Å². The molecule has 0 fully saturated rings. The Morgan fingerprint density at radius 2 is 2.00 bits per heavy atom. The molecule has 0 aliphatic carbocycles. The molecule has 142 valence electrons. The largest absolute Gasteiger partial charge is 0.369 e. The quantitative estimate of drug-likeness (QED) is 0.379. The number of aromatic amines is 1. The normalized spacial score (nSPS) is 13.8. The number of aromatic nitrogens is 2. The van der Waals surface area contributed by atoms with Gasteiger partial charge in [-0.15, -0.1) is 0 Å². The van der Waals surface area contributed by atoms with Crippen molar-refractivity contribution in [3.63, 3.8) is 0 Å². The molecule has 0 saturated carbocycles. The number of nitrogens with one attached hydrogen (secondary N) is 2. The average molecular weight is 377 g/mol. The Bertz CT molecular complexity index is 659. The van der Waals surface area contributed by atoms with Gasteiger partial charge in [0, 0.05) is 6.61 Å². The highest BCUT2D eigenvalue weighted by Gasteiger charge is 2.25. The molecule has 0 saturated heterocycles. The number of nitrogens with two attached hydrogens (primary N) is 1. The van der Waals surface area contributed by atoms with Gasteiger partial charge in [0.1, 0.15) is 18.7 Å². The first kappa shape index (κ1) is 19.7. The molecule has 12 heteroatoms. The highest BCUT2D eigenvalue weighted by atomic mass is 31.2. The minimum Gasteiger partial charge on any atom is -0.369 e. The van der Waals surface area contributed by atoms with Crippen molar-refractivity contribution in [2.75, 3.05) is 55.6 Å². The summed E-state index contributed by atoms with van der Waals surface area (Å²) in [5.41, 5.74) is 5.50. The third-order valence-electron chi connectivity index (χ3n) is 3.14. The van der Waals surface area contributed by atoms with E-state index in [4.69, 9.17) is 24.4 Å². The maximum absolute atomic E-state index is 12.2. The summed E-state index contributed by atoms with van der Waals surface area (Å²) in [5.74, 6) is 0.367. The molecule has 25 heavy (non-hydrogen) atoms. The fourth-order valence-electron chi connectivity index (χ4n) is 2.17. The van der Waals surface area contributed by atoms with Crippen molar-refractivity contribution in [3.05, 3.63) is 10.4 Å². The van der Waals surface area contributed by atoms with Crippen LogP contribution in [0.15, 0.2) is 4.79 Å². The van der Waals surface area contributed by atoms with Crippen LogP contribution in [-0.2, 0) is 23.2 Å². The van der Waals surface area contributed by atoms with Crippen LogP contribution in [0.3, 0.4) is 0 Å². The van der Waals surface area contributed by atoms with Crippen LogP contribution in [0.25, 0.3) is 0 Å². The monoisotopic (exact) mass is 377 g/mol. The van der Waals surface area contributed by atoms with Crippen LogP contribution >= 0.6 is 7.60 Å². The van der Waals surface area contributed by atoms with Gasteiger partial charge in [-0.3, -0.25) is 19.2 Å². The van der Waals surface area contributed by atoms with Crippen molar-refractivity contribution < 1.29 is 23.2 Å². The molecule has 1 aromatic rings. The van der Waals surface area contributed by atoms with Crippen LogP contribution in [0.4, 0.5) is 17.5 Å². The lowest BCUT2D eigenvalue weighted by atomic mass is 10.5. The SMILES string of the molecule is CCOP(=O)(COCCCON1CNc2c1nc(N)[nH]c2=O)OCC. The predicted molar refractivity (Wildman–Crippen MR) is 92.5 cm³/mol. The van der Waals surface area contributed by atoms with Crippen molar-refractivity contribution in [2.45, 2.75) is 20.3 Å². The molecule has 0 unspecified atom stereocenters. The maximum Gasteiger partial charge on any atom is 0.356 e. The third kappa shape index (κ3) is 5.41. The average Bonchev–Trinajstić information content (AvgIpc) is 2.94. The van der Waals surface area contributed by atoms with Gasteiger partial charge in [0.15, 0.2) is 5.82 Å². The lowest BCUT2D eigenvalue weighted by Crippen LogP contribution is -2.25. The van der Waals surface area contributed by atoms with Crippen molar-refractivity contribution in [3.8, 4) is 0 Å². The molecular weight excluding hydrogens is 353 g/mol. The summed E-state index contributed by atoms with van der Waals surface area (Å²) in [7, 11) is -3.19. The number of fused-ring (bicyclic) bond motifs is 1.